The van der Waals surface area contributed by atoms with Crippen LogP contribution in [0.25, 0.3) is 10.9 Å². The van der Waals surface area contributed by atoms with Crippen LogP contribution in [0.4, 0.5) is 0 Å². The van der Waals surface area contributed by atoms with Crippen LogP contribution in [0.1, 0.15) is 22.8 Å². The van der Waals surface area contributed by atoms with Gasteiger partial charge in [0.25, 0.3) is 0 Å². The molecule has 1 aromatic heterocycles. The van der Waals surface area contributed by atoms with Crippen LogP contribution in [-0.2, 0) is 13.1 Å². The summed E-state index contributed by atoms with van der Waals surface area (Å²) in [6, 6.07) is 5.14. The molecule has 0 bridgehead atoms. The maximum atomic E-state index is 10.9. The molecule has 0 fully saturated rings. The van der Waals surface area contributed by atoms with Crippen molar-refractivity contribution in [3.63, 3.8) is 0 Å². The van der Waals surface area contributed by atoms with Crippen LogP contribution in [0.2, 0.25) is 0 Å². The molecule has 0 saturated carbocycles. The summed E-state index contributed by atoms with van der Waals surface area (Å²) in [5.74, 6) is -0.908. The SMILES string of the molecule is CCn1cc(CN)c2cc(C(=O)O)ccc21. The van der Waals surface area contributed by atoms with Gasteiger partial charge in [0.15, 0.2) is 0 Å². The van der Waals surface area contributed by atoms with Crippen molar-refractivity contribution in [2.45, 2.75) is 20.0 Å². The van der Waals surface area contributed by atoms with Crippen LogP contribution in [-0.4, -0.2) is 15.6 Å². The monoisotopic (exact) mass is 218 g/mol. The van der Waals surface area contributed by atoms with E-state index in [9.17, 15) is 4.79 Å². The molecule has 2 rings (SSSR count). The van der Waals surface area contributed by atoms with Crippen molar-refractivity contribution in [1.29, 1.82) is 0 Å². The van der Waals surface area contributed by atoms with E-state index < -0.39 is 5.97 Å². The van der Waals surface area contributed by atoms with Crippen LogP contribution in [0.15, 0.2) is 24.4 Å². The lowest BCUT2D eigenvalue weighted by atomic mass is 10.1. The minimum absolute atomic E-state index is 0.302. The third kappa shape index (κ3) is 1.57. The van der Waals surface area contributed by atoms with E-state index in [1.54, 1.807) is 12.1 Å². The van der Waals surface area contributed by atoms with Gasteiger partial charge in [0.1, 0.15) is 0 Å². The van der Waals surface area contributed by atoms with E-state index in [1.165, 1.54) is 0 Å². The minimum atomic E-state index is -0.908. The van der Waals surface area contributed by atoms with Crippen molar-refractivity contribution < 1.29 is 9.90 Å². The molecule has 0 atom stereocenters. The van der Waals surface area contributed by atoms with Gasteiger partial charge in [0.05, 0.1) is 5.56 Å². The summed E-state index contributed by atoms with van der Waals surface area (Å²) in [4.78, 5) is 10.9. The van der Waals surface area contributed by atoms with Gasteiger partial charge >= 0.3 is 5.97 Å². The lowest BCUT2D eigenvalue weighted by Gasteiger charge is -2.00. The van der Waals surface area contributed by atoms with Crippen molar-refractivity contribution in [2.75, 3.05) is 0 Å². The first kappa shape index (κ1) is 10.7. The number of carboxylic acid groups (broad SMARTS) is 1. The number of aromatic carboxylic acids is 1. The second-order valence-corrected chi connectivity index (χ2v) is 3.68. The Morgan fingerprint density at radius 2 is 2.25 bits per heavy atom. The fourth-order valence-electron chi connectivity index (χ4n) is 1.93. The summed E-state index contributed by atoms with van der Waals surface area (Å²) in [5, 5.41) is 9.87. The average molecular weight is 218 g/mol. The molecular formula is C12H14N2O2. The lowest BCUT2D eigenvalue weighted by Crippen LogP contribution is -1.97. The Morgan fingerprint density at radius 3 is 2.81 bits per heavy atom. The van der Waals surface area contributed by atoms with Crippen LogP contribution in [0.3, 0.4) is 0 Å². The molecule has 0 amide bonds. The normalized spacial score (nSPS) is 10.9. The second-order valence-electron chi connectivity index (χ2n) is 3.68. The average Bonchev–Trinajstić information content (AvgIpc) is 2.65. The van der Waals surface area contributed by atoms with Crippen molar-refractivity contribution in [3.05, 3.63) is 35.5 Å². The van der Waals surface area contributed by atoms with E-state index in [2.05, 4.69) is 4.57 Å². The highest BCUT2D eigenvalue weighted by Gasteiger charge is 2.09. The lowest BCUT2D eigenvalue weighted by molar-refractivity contribution is 0.0697. The molecule has 0 aliphatic rings. The number of fused-ring (bicyclic) bond motifs is 1. The summed E-state index contributed by atoms with van der Waals surface area (Å²) in [7, 11) is 0. The quantitative estimate of drug-likeness (QED) is 0.825. The van der Waals surface area contributed by atoms with Gasteiger partial charge in [-0.3, -0.25) is 0 Å². The van der Waals surface area contributed by atoms with Crippen molar-refractivity contribution in [1.82, 2.24) is 4.57 Å². The first-order valence-corrected chi connectivity index (χ1v) is 5.22. The Hall–Kier alpha value is -1.81. The second kappa shape index (κ2) is 3.98. The highest BCUT2D eigenvalue weighted by Crippen LogP contribution is 2.22. The van der Waals surface area contributed by atoms with Crippen molar-refractivity contribution >= 4 is 16.9 Å². The number of nitrogens with zero attached hydrogens (tertiary/aromatic N) is 1. The summed E-state index contributed by atoms with van der Waals surface area (Å²) in [6.07, 6.45) is 1.98. The van der Waals surface area contributed by atoms with E-state index in [4.69, 9.17) is 10.8 Å². The molecule has 2 aromatic rings. The maximum Gasteiger partial charge on any atom is 0.335 e. The Kier molecular flexibility index (Phi) is 2.66. The fourth-order valence-corrected chi connectivity index (χ4v) is 1.93. The van der Waals surface area contributed by atoms with Gasteiger partial charge in [-0.2, -0.15) is 0 Å². The largest absolute Gasteiger partial charge is 0.478 e. The summed E-state index contributed by atoms with van der Waals surface area (Å²) >= 11 is 0. The molecule has 0 spiro atoms. The molecule has 0 saturated heterocycles. The van der Waals surface area contributed by atoms with Crippen LogP contribution in [0, 0.1) is 0 Å². The molecule has 3 N–H and O–H groups in total. The third-order valence-electron chi connectivity index (χ3n) is 2.77. The van der Waals surface area contributed by atoms with E-state index in [-0.39, 0.29) is 0 Å². The van der Waals surface area contributed by atoms with Gasteiger partial charge in [0, 0.05) is 30.2 Å². The smallest absolute Gasteiger partial charge is 0.335 e. The van der Waals surface area contributed by atoms with Gasteiger partial charge < -0.3 is 15.4 Å². The van der Waals surface area contributed by atoms with Crippen molar-refractivity contribution in [2.24, 2.45) is 5.73 Å². The molecule has 0 unspecified atom stereocenters. The Labute approximate surface area is 93.3 Å². The third-order valence-corrected chi connectivity index (χ3v) is 2.77. The molecule has 4 nitrogen and oxygen atoms in total. The Bertz CT molecular complexity index is 543. The molecule has 4 heteroatoms. The first-order chi connectivity index (χ1) is 7.67. The van der Waals surface area contributed by atoms with Crippen molar-refractivity contribution in [3.8, 4) is 0 Å². The molecule has 1 aromatic carbocycles. The molecule has 16 heavy (non-hydrogen) atoms. The van der Waals surface area contributed by atoms with Gasteiger partial charge in [-0.05, 0) is 30.7 Å². The highest BCUT2D eigenvalue weighted by molar-refractivity contribution is 5.94. The number of nitrogens with two attached hydrogens (primary N) is 1. The van der Waals surface area contributed by atoms with Gasteiger partial charge in [-0.25, -0.2) is 4.79 Å². The summed E-state index contributed by atoms with van der Waals surface area (Å²) < 4.78 is 2.07. The Morgan fingerprint density at radius 1 is 1.50 bits per heavy atom. The maximum absolute atomic E-state index is 10.9. The first-order valence-electron chi connectivity index (χ1n) is 5.22. The zero-order chi connectivity index (χ0) is 11.7. The Balaban J connectivity index is 2.71. The number of carbonyl (C=O) groups is 1. The van der Waals surface area contributed by atoms with Crippen LogP contribution < -0.4 is 5.73 Å². The standard InChI is InChI=1S/C12H14N2O2/c1-2-14-7-9(6-13)10-5-8(12(15)16)3-4-11(10)14/h3-5,7H,2,6,13H2,1H3,(H,15,16). The number of hydrogen-bond donors (Lipinski definition) is 2. The number of hydrogen-bond acceptors (Lipinski definition) is 2. The predicted molar refractivity (Wildman–Crippen MR) is 62.5 cm³/mol. The van der Waals surface area contributed by atoms with Crippen LogP contribution in [0.5, 0.6) is 0 Å². The van der Waals surface area contributed by atoms with E-state index in [1.807, 2.05) is 19.2 Å². The molecule has 0 radical (unpaired) electrons. The van der Waals surface area contributed by atoms with Gasteiger partial charge in [-0.15, -0.1) is 0 Å². The molecule has 1 heterocycles. The highest BCUT2D eigenvalue weighted by atomic mass is 16.4. The minimum Gasteiger partial charge on any atom is -0.478 e. The number of carboxylic acids is 1. The van der Waals surface area contributed by atoms with E-state index in [0.717, 1.165) is 23.0 Å². The zero-order valence-electron chi connectivity index (χ0n) is 9.10. The number of rotatable bonds is 3. The zero-order valence-corrected chi connectivity index (χ0v) is 9.10. The van der Waals surface area contributed by atoms with Crippen LogP contribution >= 0.6 is 0 Å². The summed E-state index contributed by atoms with van der Waals surface area (Å²) in [6.45, 7) is 3.32. The molecule has 84 valence electrons. The van der Waals surface area contributed by atoms with Gasteiger partial charge in [-0.1, -0.05) is 0 Å². The topological polar surface area (TPSA) is 68.2 Å². The van der Waals surface area contributed by atoms with E-state index >= 15 is 0 Å². The fraction of sp³-hybridized carbons (Fsp3) is 0.250. The van der Waals surface area contributed by atoms with Gasteiger partial charge in [0.2, 0.25) is 0 Å². The number of aryl methyl sites for hydroxylation is 1. The number of benzene rings is 1. The summed E-state index contributed by atoms with van der Waals surface area (Å²) in [5.41, 5.74) is 7.97. The molecule has 0 aliphatic heterocycles. The number of aromatic nitrogens is 1. The molecular weight excluding hydrogens is 204 g/mol. The predicted octanol–water partition coefficient (Wildman–Crippen LogP) is 1.82. The van der Waals surface area contributed by atoms with E-state index in [0.29, 0.717) is 12.1 Å². The molecule has 0 aliphatic carbocycles.